The summed E-state index contributed by atoms with van der Waals surface area (Å²) in [6, 6.07) is 17.7. The minimum absolute atomic E-state index is 0.0477. The fourth-order valence-electron chi connectivity index (χ4n) is 3.11. The molecule has 0 bridgehead atoms. The van der Waals surface area contributed by atoms with Crippen LogP contribution in [0.3, 0.4) is 0 Å². The summed E-state index contributed by atoms with van der Waals surface area (Å²) in [4.78, 5) is 12.6. The van der Waals surface area contributed by atoms with Crippen LogP contribution >= 0.6 is 0 Å². The lowest BCUT2D eigenvalue weighted by atomic mass is 9.87. The first-order valence-electron chi connectivity index (χ1n) is 8.31. The second-order valence-electron chi connectivity index (χ2n) is 5.86. The highest BCUT2D eigenvalue weighted by Gasteiger charge is 2.56. The van der Waals surface area contributed by atoms with E-state index in [4.69, 9.17) is 14.2 Å². The normalized spacial score (nSPS) is 13.9. The molecule has 28 heavy (non-hydrogen) atoms. The number of carbonyl (C=O) groups is 1. The van der Waals surface area contributed by atoms with Crippen LogP contribution in [0.25, 0.3) is 0 Å². The summed E-state index contributed by atoms with van der Waals surface area (Å²) in [7, 11) is -0.654. The number of carbonyl (C=O) groups excluding carboxylic acids is 1. The summed E-state index contributed by atoms with van der Waals surface area (Å²) in [5.41, 5.74) is 0.377. The van der Waals surface area contributed by atoms with Gasteiger partial charge < -0.3 is 14.2 Å². The molecule has 0 aliphatic rings. The van der Waals surface area contributed by atoms with Crippen molar-refractivity contribution in [2.24, 2.45) is 0 Å². The fourth-order valence-corrected chi connectivity index (χ4v) is 4.77. The maximum atomic E-state index is 13.3. The number of rotatable bonds is 8. The van der Waals surface area contributed by atoms with Crippen molar-refractivity contribution in [2.75, 3.05) is 21.3 Å². The van der Waals surface area contributed by atoms with Crippen LogP contribution in [-0.4, -0.2) is 46.8 Å². The molecule has 148 valence electrons. The van der Waals surface area contributed by atoms with Crippen molar-refractivity contribution in [1.29, 1.82) is 5.26 Å². The van der Waals surface area contributed by atoms with Crippen molar-refractivity contribution in [3.8, 4) is 6.07 Å². The second kappa shape index (κ2) is 8.97. The fraction of sp³-hybridized carbons (Fsp3) is 0.300. The Morgan fingerprint density at radius 2 is 1.46 bits per heavy atom. The van der Waals surface area contributed by atoms with Gasteiger partial charge in [-0.25, -0.2) is 13.2 Å². The summed E-state index contributed by atoms with van der Waals surface area (Å²) < 4.78 is 42.1. The zero-order valence-electron chi connectivity index (χ0n) is 15.7. The monoisotopic (exact) mass is 403 g/mol. The number of sulfone groups is 1. The highest BCUT2D eigenvalue weighted by molar-refractivity contribution is 7.92. The Bertz CT molecular complexity index is 934. The first kappa shape index (κ1) is 21.6. The summed E-state index contributed by atoms with van der Waals surface area (Å²) >= 11 is 0. The first-order valence-corrected chi connectivity index (χ1v) is 9.86. The molecule has 2 aromatic rings. The van der Waals surface area contributed by atoms with E-state index in [9.17, 15) is 18.5 Å². The summed E-state index contributed by atoms with van der Waals surface area (Å²) in [6.07, 6.45) is 0. The summed E-state index contributed by atoms with van der Waals surface area (Å²) in [5, 5.41) is 8.19. The van der Waals surface area contributed by atoms with Gasteiger partial charge in [0.25, 0.3) is 5.79 Å². The van der Waals surface area contributed by atoms with Gasteiger partial charge in [0.15, 0.2) is 15.1 Å². The molecule has 0 spiro atoms. The second-order valence-corrected chi connectivity index (χ2v) is 7.93. The molecule has 0 N–H and O–H groups in total. The minimum Gasteiger partial charge on any atom is -0.465 e. The van der Waals surface area contributed by atoms with Crippen LogP contribution in [0, 0.1) is 11.3 Å². The molecule has 2 aromatic carbocycles. The van der Waals surface area contributed by atoms with E-state index in [2.05, 4.69) is 0 Å². The van der Waals surface area contributed by atoms with Gasteiger partial charge in [-0.3, -0.25) is 0 Å². The predicted molar refractivity (Wildman–Crippen MR) is 101 cm³/mol. The maximum absolute atomic E-state index is 13.3. The van der Waals surface area contributed by atoms with Crippen LogP contribution < -0.4 is 0 Å². The van der Waals surface area contributed by atoms with Crippen molar-refractivity contribution < 1.29 is 27.4 Å². The largest absolute Gasteiger partial charge is 0.465 e. The molecule has 8 heteroatoms. The van der Waals surface area contributed by atoms with Crippen LogP contribution in [0.5, 0.6) is 0 Å². The Morgan fingerprint density at radius 1 is 0.964 bits per heavy atom. The van der Waals surface area contributed by atoms with E-state index in [0.29, 0.717) is 5.56 Å². The van der Waals surface area contributed by atoms with Crippen LogP contribution in [0.2, 0.25) is 0 Å². The Morgan fingerprint density at radius 3 is 1.89 bits per heavy atom. The number of ether oxygens (including phenoxy) is 3. The zero-order valence-corrected chi connectivity index (χ0v) is 16.5. The molecule has 0 saturated heterocycles. The van der Waals surface area contributed by atoms with Gasteiger partial charge in [0.1, 0.15) is 0 Å². The Balaban J connectivity index is 2.78. The van der Waals surface area contributed by atoms with Gasteiger partial charge in [0.2, 0.25) is 0 Å². The summed E-state index contributed by atoms with van der Waals surface area (Å²) in [5.74, 6) is -4.40. The number of hydrogen-bond acceptors (Lipinski definition) is 7. The highest BCUT2D eigenvalue weighted by Crippen LogP contribution is 2.40. The molecular weight excluding hydrogens is 382 g/mol. The van der Waals surface area contributed by atoms with Crippen molar-refractivity contribution in [1.82, 2.24) is 0 Å². The lowest BCUT2D eigenvalue weighted by molar-refractivity contribution is -0.236. The van der Waals surface area contributed by atoms with Gasteiger partial charge in [-0.2, -0.15) is 5.26 Å². The highest BCUT2D eigenvalue weighted by atomic mass is 32.2. The molecule has 0 saturated carbocycles. The minimum atomic E-state index is -4.17. The predicted octanol–water partition coefficient (Wildman–Crippen LogP) is 2.30. The Hall–Kier alpha value is -2.73. The zero-order chi connectivity index (χ0) is 20.8. The molecule has 0 heterocycles. The number of nitriles is 1. The third-order valence-electron chi connectivity index (χ3n) is 4.48. The SMILES string of the molecule is COC(=O)C(OC)(OC)[C@H](c1ccccc1)[C@@H](C#N)S(=O)(=O)c1ccccc1. The van der Waals surface area contributed by atoms with E-state index < -0.39 is 32.8 Å². The van der Waals surface area contributed by atoms with E-state index in [-0.39, 0.29) is 4.90 Å². The number of nitrogens with zero attached hydrogens (tertiary/aromatic N) is 1. The molecular formula is C20H21NO6S. The third-order valence-corrected chi connectivity index (χ3v) is 6.46. The standard InChI is InChI=1S/C20H21NO6S/c1-25-19(22)20(26-2,27-3)18(15-10-6-4-7-11-15)17(14-21)28(23,24)16-12-8-5-9-13-16/h4-13,17-18H,1-3H3/t17-,18-/m1/s1. The quantitative estimate of drug-likeness (QED) is 0.492. The molecule has 0 aliphatic carbocycles. The smallest absolute Gasteiger partial charge is 0.367 e. The molecule has 2 rings (SSSR count). The lowest BCUT2D eigenvalue weighted by Gasteiger charge is -2.37. The van der Waals surface area contributed by atoms with Gasteiger partial charge in [0, 0.05) is 14.2 Å². The molecule has 0 unspecified atom stereocenters. The molecule has 7 nitrogen and oxygen atoms in total. The van der Waals surface area contributed by atoms with Gasteiger partial charge in [-0.15, -0.1) is 0 Å². The molecule has 0 fully saturated rings. The van der Waals surface area contributed by atoms with Crippen LogP contribution in [0.1, 0.15) is 11.5 Å². The van der Waals surface area contributed by atoms with Gasteiger partial charge in [-0.1, -0.05) is 48.5 Å². The average Bonchev–Trinajstić information content (AvgIpc) is 2.75. The van der Waals surface area contributed by atoms with Gasteiger partial charge >= 0.3 is 5.97 Å². The summed E-state index contributed by atoms with van der Waals surface area (Å²) in [6.45, 7) is 0. The Labute approximate surface area is 164 Å². The van der Waals surface area contributed by atoms with Crippen molar-refractivity contribution in [3.63, 3.8) is 0 Å². The molecule has 0 amide bonds. The average molecular weight is 403 g/mol. The van der Waals surface area contributed by atoms with Crippen molar-refractivity contribution >= 4 is 15.8 Å². The number of esters is 1. The van der Waals surface area contributed by atoms with Crippen molar-refractivity contribution in [3.05, 3.63) is 66.2 Å². The topological polar surface area (TPSA) is 103 Å². The number of methoxy groups -OCH3 is 3. The van der Waals surface area contributed by atoms with E-state index in [1.54, 1.807) is 48.5 Å². The van der Waals surface area contributed by atoms with Crippen LogP contribution in [-0.2, 0) is 28.8 Å². The Kier molecular flexibility index (Phi) is 6.91. The van der Waals surface area contributed by atoms with E-state index in [0.717, 1.165) is 7.11 Å². The van der Waals surface area contributed by atoms with Crippen molar-refractivity contribution in [2.45, 2.75) is 21.9 Å². The van der Waals surface area contributed by atoms with E-state index in [1.165, 1.54) is 26.4 Å². The van der Waals surface area contributed by atoms with Gasteiger partial charge in [0.05, 0.1) is 24.0 Å². The van der Waals surface area contributed by atoms with E-state index in [1.807, 2.05) is 6.07 Å². The first-order chi connectivity index (χ1) is 13.4. The van der Waals surface area contributed by atoms with E-state index >= 15 is 0 Å². The third kappa shape index (κ3) is 3.78. The molecule has 2 atom stereocenters. The number of benzene rings is 2. The number of hydrogen-bond donors (Lipinski definition) is 0. The lowest BCUT2D eigenvalue weighted by Crippen LogP contribution is -2.53. The molecule has 0 aromatic heterocycles. The van der Waals surface area contributed by atoms with Crippen LogP contribution in [0.15, 0.2) is 65.6 Å². The van der Waals surface area contributed by atoms with Gasteiger partial charge in [-0.05, 0) is 17.7 Å². The van der Waals surface area contributed by atoms with Crippen LogP contribution in [0.4, 0.5) is 0 Å². The molecule has 0 aliphatic heterocycles. The molecule has 0 radical (unpaired) electrons. The maximum Gasteiger partial charge on any atom is 0.367 e.